The summed E-state index contributed by atoms with van der Waals surface area (Å²) in [5, 5.41) is 8.79. The fourth-order valence-electron chi connectivity index (χ4n) is 1.69. The van der Waals surface area contributed by atoms with Crippen molar-refractivity contribution in [3.05, 3.63) is 17.1 Å². The summed E-state index contributed by atoms with van der Waals surface area (Å²) in [6.45, 7) is 4.92. The fraction of sp³-hybridized carbons (Fsp3) is 0.545. The van der Waals surface area contributed by atoms with Gasteiger partial charge in [-0.05, 0) is 37.3 Å². The van der Waals surface area contributed by atoms with Crippen LogP contribution in [-0.4, -0.2) is 26.2 Å². The maximum absolute atomic E-state index is 4.48. The lowest BCUT2D eigenvalue weighted by molar-refractivity contribution is 0.683. The van der Waals surface area contributed by atoms with Crippen LogP contribution in [0.4, 0.5) is 0 Å². The highest BCUT2D eigenvalue weighted by molar-refractivity contribution is 8.00. The second-order valence-corrected chi connectivity index (χ2v) is 5.94. The van der Waals surface area contributed by atoms with Gasteiger partial charge in [-0.3, -0.25) is 4.68 Å². The lowest BCUT2D eigenvalue weighted by Crippen LogP contribution is -2.06. The largest absolute Gasteiger partial charge is 0.316 e. The summed E-state index contributed by atoms with van der Waals surface area (Å²) in [7, 11) is 3.91. The standard InChI is InChI=1S/C11H17N5S2/c1-5-9-13-11(18-15-9)17-10-8(6-12-3)7(2)14-16(10)4/h12H,5-6H2,1-4H3. The molecule has 2 aromatic heterocycles. The predicted octanol–water partition coefficient (Wildman–Crippen LogP) is 2.01. The first-order valence-corrected chi connectivity index (χ1v) is 7.42. The molecule has 0 spiro atoms. The average Bonchev–Trinajstić information content (AvgIpc) is 2.89. The third-order valence-corrected chi connectivity index (χ3v) is 4.59. The van der Waals surface area contributed by atoms with Crippen molar-refractivity contribution in [2.24, 2.45) is 7.05 Å². The molecule has 2 rings (SSSR count). The minimum Gasteiger partial charge on any atom is -0.316 e. The number of aryl methyl sites for hydroxylation is 3. The van der Waals surface area contributed by atoms with E-state index in [4.69, 9.17) is 0 Å². The van der Waals surface area contributed by atoms with Crippen LogP contribution in [0.15, 0.2) is 9.37 Å². The Morgan fingerprint density at radius 3 is 2.83 bits per heavy atom. The van der Waals surface area contributed by atoms with Gasteiger partial charge in [0.1, 0.15) is 10.9 Å². The lowest BCUT2D eigenvalue weighted by atomic mass is 10.3. The van der Waals surface area contributed by atoms with Gasteiger partial charge < -0.3 is 5.32 Å². The van der Waals surface area contributed by atoms with Gasteiger partial charge in [-0.25, -0.2) is 4.98 Å². The molecule has 0 amide bonds. The quantitative estimate of drug-likeness (QED) is 0.909. The Morgan fingerprint density at radius 2 is 2.22 bits per heavy atom. The molecule has 7 heteroatoms. The molecule has 0 aliphatic rings. The van der Waals surface area contributed by atoms with Crippen LogP contribution in [0, 0.1) is 6.92 Å². The number of hydrogen-bond acceptors (Lipinski definition) is 6. The smallest absolute Gasteiger partial charge is 0.176 e. The zero-order valence-electron chi connectivity index (χ0n) is 11.0. The van der Waals surface area contributed by atoms with Crippen LogP contribution in [0.25, 0.3) is 0 Å². The SMILES string of the molecule is CCc1nsc(Sc2c(CNC)c(C)nn2C)n1. The molecule has 98 valence electrons. The van der Waals surface area contributed by atoms with Crippen LogP contribution in [-0.2, 0) is 20.0 Å². The molecule has 2 aromatic rings. The number of aromatic nitrogens is 4. The third kappa shape index (κ3) is 2.73. The molecule has 0 aliphatic carbocycles. The van der Waals surface area contributed by atoms with Crippen molar-refractivity contribution in [1.82, 2.24) is 24.5 Å². The minimum absolute atomic E-state index is 0.821. The first-order chi connectivity index (χ1) is 8.65. The van der Waals surface area contributed by atoms with E-state index in [0.29, 0.717) is 0 Å². The third-order valence-electron chi connectivity index (χ3n) is 2.59. The van der Waals surface area contributed by atoms with E-state index >= 15 is 0 Å². The number of nitrogens with one attached hydrogen (secondary N) is 1. The molecule has 0 bridgehead atoms. The van der Waals surface area contributed by atoms with Crippen LogP contribution >= 0.6 is 23.3 Å². The van der Waals surface area contributed by atoms with E-state index < -0.39 is 0 Å². The molecule has 0 fully saturated rings. The second kappa shape index (κ2) is 5.81. The summed E-state index contributed by atoms with van der Waals surface area (Å²) in [5.41, 5.74) is 2.30. The maximum Gasteiger partial charge on any atom is 0.176 e. The van der Waals surface area contributed by atoms with Crippen molar-refractivity contribution in [2.75, 3.05) is 7.05 Å². The van der Waals surface area contributed by atoms with Crippen LogP contribution in [0.3, 0.4) is 0 Å². The zero-order valence-corrected chi connectivity index (χ0v) is 12.7. The van der Waals surface area contributed by atoms with Crippen molar-refractivity contribution in [2.45, 2.75) is 36.2 Å². The molecule has 0 aromatic carbocycles. The van der Waals surface area contributed by atoms with Gasteiger partial charge >= 0.3 is 0 Å². The average molecular weight is 283 g/mol. The summed E-state index contributed by atoms with van der Waals surface area (Å²) in [6.07, 6.45) is 0.880. The van der Waals surface area contributed by atoms with E-state index in [1.165, 1.54) is 17.1 Å². The summed E-state index contributed by atoms with van der Waals surface area (Å²) in [6, 6.07) is 0. The van der Waals surface area contributed by atoms with Crippen molar-refractivity contribution < 1.29 is 0 Å². The minimum atomic E-state index is 0.821. The summed E-state index contributed by atoms with van der Waals surface area (Å²) in [4.78, 5) is 4.48. The molecular formula is C11H17N5S2. The van der Waals surface area contributed by atoms with Gasteiger partial charge in [0.05, 0.1) is 5.69 Å². The Morgan fingerprint density at radius 1 is 1.44 bits per heavy atom. The Kier molecular flexibility index (Phi) is 4.36. The highest BCUT2D eigenvalue weighted by Crippen LogP contribution is 2.32. The monoisotopic (exact) mass is 283 g/mol. The van der Waals surface area contributed by atoms with Crippen molar-refractivity contribution >= 4 is 23.3 Å². The van der Waals surface area contributed by atoms with Gasteiger partial charge in [-0.2, -0.15) is 9.47 Å². The van der Waals surface area contributed by atoms with Gasteiger partial charge in [0.15, 0.2) is 4.34 Å². The highest BCUT2D eigenvalue weighted by atomic mass is 32.2. The Hall–Kier alpha value is -0.920. The highest BCUT2D eigenvalue weighted by Gasteiger charge is 2.15. The molecule has 0 unspecified atom stereocenters. The van der Waals surface area contributed by atoms with E-state index in [-0.39, 0.29) is 0 Å². The van der Waals surface area contributed by atoms with Crippen molar-refractivity contribution in [3.63, 3.8) is 0 Å². The molecule has 0 saturated heterocycles. The number of rotatable bonds is 5. The van der Waals surface area contributed by atoms with Crippen LogP contribution in [0.2, 0.25) is 0 Å². The van der Waals surface area contributed by atoms with Gasteiger partial charge in [0.25, 0.3) is 0 Å². The summed E-state index contributed by atoms with van der Waals surface area (Å²) < 4.78 is 7.20. The van der Waals surface area contributed by atoms with E-state index in [2.05, 4.69) is 26.7 Å². The molecule has 0 saturated carbocycles. The second-order valence-electron chi connectivity index (χ2n) is 3.96. The predicted molar refractivity (Wildman–Crippen MR) is 74.1 cm³/mol. The Bertz CT molecular complexity index is 532. The van der Waals surface area contributed by atoms with Crippen LogP contribution in [0.1, 0.15) is 24.0 Å². The number of hydrogen-bond donors (Lipinski definition) is 1. The van der Waals surface area contributed by atoms with Gasteiger partial charge in [0.2, 0.25) is 0 Å². The van der Waals surface area contributed by atoms with E-state index in [1.807, 2.05) is 25.7 Å². The maximum atomic E-state index is 4.48. The zero-order chi connectivity index (χ0) is 13.1. The topological polar surface area (TPSA) is 55.6 Å². The summed E-state index contributed by atoms with van der Waals surface area (Å²) in [5.74, 6) is 0.913. The van der Waals surface area contributed by atoms with E-state index in [1.54, 1.807) is 11.8 Å². The first-order valence-electron chi connectivity index (χ1n) is 5.83. The van der Waals surface area contributed by atoms with E-state index in [9.17, 15) is 0 Å². The molecule has 0 radical (unpaired) electrons. The number of nitrogens with zero attached hydrogens (tertiary/aromatic N) is 4. The molecule has 0 atom stereocenters. The molecule has 18 heavy (non-hydrogen) atoms. The van der Waals surface area contributed by atoms with Crippen molar-refractivity contribution in [3.8, 4) is 0 Å². The van der Waals surface area contributed by atoms with Gasteiger partial charge in [-0.1, -0.05) is 6.92 Å². The Labute approximate surface area is 115 Å². The van der Waals surface area contributed by atoms with Gasteiger partial charge in [0, 0.05) is 25.6 Å². The molecule has 5 nitrogen and oxygen atoms in total. The van der Waals surface area contributed by atoms with E-state index in [0.717, 1.165) is 33.8 Å². The van der Waals surface area contributed by atoms with Crippen LogP contribution in [0.5, 0.6) is 0 Å². The fourth-order valence-corrected chi connectivity index (χ4v) is 3.52. The lowest BCUT2D eigenvalue weighted by Gasteiger charge is -2.03. The first kappa shape index (κ1) is 13.5. The van der Waals surface area contributed by atoms with Gasteiger partial charge in [-0.15, -0.1) is 0 Å². The molecule has 1 N–H and O–H groups in total. The molecular weight excluding hydrogens is 266 g/mol. The van der Waals surface area contributed by atoms with Crippen molar-refractivity contribution in [1.29, 1.82) is 0 Å². The van der Waals surface area contributed by atoms with Crippen LogP contribution < -0.4 is 5.32 Å². The summed E-state index contributed by atoms with van der Waals surface area (Å²) >= 11 is 3.10. The molecule has 0 aliphatic heterocycles. The Balaban J connectivity index is 2.27. The normalized spacial score (nSPS) is 11.1. The molecule has 2 heterocycles.